The van der Waals surface area contributed by atoms with E-state index in [0.29, 0.717) is 0 Å². The van der Waals surface area contributed by atoms with Gasteiger partial charge in [-0.05, 0) is 35.4 Å². The predicted molar refractivity (Wildman–Crippen MR) is 181 cm³/mol. The van der Waals surface area contributed by atoms with Crippen molar-refractivity contribution in [3.05, 3.63) is 78.9 Å². The first-order valence-electron chi connectivity index (χ1n) is 15.6. The lowest BCUT2D eigenvalue weighted by Gasteiger charge is -2.47. The molecule has 1 fully saturated rings. The van der Waals surface area contributed by atoms with Crippen LogP contribution in [0.4, 0.5) is 5.69 Å². The minimum atomic E-state index is -1.86. The molecule has 1 aromatic heterocycles. The standard InChI is InChI=1S/C36H41NO2Si2/c1-5-40(6-2)33-11-9-10-12-34(33)41(7-3,8-4)36-24-27(14-18-35(36)40)26-13-16-29-30-17-15-28(37-19-21-38-22-20-37)25-32(30)39-31(29)23-26/h9-18,23-25H,5-8,19-22H2,1-4H3. The normalized spacial score (nSPS) is 17.5. The van der Waals surface area contributed by atoms with Crippen molar-refractivity contribution < 1.29 is 9.15 Å². The number of morpholine rings is 1. The molecule has 0 bridgehead atoms. The van der Waals surface area contributed by atoms with E-state index >= 15 is 0 Å². The molecule has 210 valence electrons. The second-order valence-electron chi connectivity index (χ2n) is 12.0. The van der Waals surface area contributed by atoms with Crippen LogP contribution in [0.2, 0.25) is 24.2 Å². The molecular weight excluding hydrogens is 535 g/mol. The summed E-state index contributed by atoms with van der Waals surface area (Å²) in [5.41, 5.74) is 5.73. The first kappa shape index (κ1) is 26.8. The molecule has 4 aromatic carbocycles. The topological polar surface area (TPSA) is 25.6 Å². The van der Waals surface area contributed by atoms with Gasteiger partial charge in [0.2, 0.25) is 0 Å². The summed E-state index contributed by atoms with van der Waals surface area (Å²) in [6.07, 6.45) is 0. The zero-order chi connectivity index (χ0) is 28.2. The highest BCUT2D eigenvalue weighted by molar-refractivity contribution is 7.17. The summed E-state index contributed by atoms with van der Waals surface area (Å²) in [7, 11) is -3.66. The maximum Gasteiger partial charge on any atom is 0.137 e. The van der Waals surface area contributed by atoms with Gasteiger partial charge in [-0.2, -0.15) is 0 Å². The quantitative estimate of drug-likeness (QED) is 0.213. The molecule has 1 saturated heterocycles. The lowest BCUT2D eigenvalue weighted by Crippen LogP contribution is -2.80. The van der Waals surface area contributed by atoms with Crippen molar-refractivity contribution in [2.45, 2.75) is 51.9 Å². The fraction of sp³-hybridized carbons (Fsp3) is 0.333. The van der Waals surface area contributed by atoms with Crippen LogP contribution in [-0.2, 0) is 4.74 Å². The number of hydrogen-bond acceptors (Lipinski definition) is 3. The smallest absolute Gasteiger partial charge is 0.137 e. The summed E-state index contributed by atoms with van der Waals surface area (Å²) in [6.45, 7) is 13.2. The van der Waals surface area contributed by atoms with E-state index in [-0.39, 0.29) is 0 Å². The van der Waals surface area contributed by atoms with Crippen LogP contribution < -0.4 is 25.6 Å². The lowest BCUT2D eigenvalue weighted by molar-refractivity contribution is 0.122. The fourth-order valence-electron chi connectivity index (χ4n) is 8.13. The van der Waals surface area contributed by atoms with Crippen LogP contribution in [0.3, 0.4) is 0 Å². The van der Waals surface area contributed by atoms with Gasteiger partial charge in [0.05, 0.1) is 13.2 Å². The van der Waals surface area contributed by atoms with Crippen LogP contribution in [0.1, 0.15) is 27.7 Å². The Kier molecular flexibility index (Phi) is 6.72. The number of rotatable bonds is 6. The van der Waals surface area contributed by atoms with E-state index in [9.17, 15) is 0 Å². The maximum absolute atomic E-state index is 6.51. The third-order valence-electron chi connectivity index (χ3n) is 10.6. The van der Waals surface area contributed by atoms with Crippen molar-refractivity contribution in [3.63, 3.8) is 0 Å². The number of nitrogens with zero attached hydrogens (tertiary/aromatic N) is 1. The first-order valence-corrected chi connectivity index (χ1v) is 20.5. The average Bonchev–Trinajstić information content (AvgIpc) is 3.41. The van der Waals surface area contributed by atoms with Crippen molar-refractivity contribution >= 4 is 64.5 Å². The Morgan fingerprint density at radius 3 is 1.78 bits per heavy atom. The number of hydrogen-bond donors (Lipinski definition) is 0. The van der Waals surface area contributed by atoms with Gasteiger partial charge in [0.25, 0.3) is 0 Å². The van der Waals surface area contributed by atoms with Crippen molar-refractivity contribution in [3.8, 4) is 11.1 Å². The molecule has 0 N–H and O–H groups in total. The van der Waals surface area contributed by atoms with Crippen LogP contribution in [0, 0.1) is 0 Å². The molecule has 0 aliphatic carbocycles. The Labute approximate surface area is 246 Å². The van der Waals surface area contributed by atoms with E-state index < -0.39 is 16.1 Å². The molecule has 5 heteroatoms. The Hall–Kier alpha value is -3.13. The second kappa shape index (κ2) is 10.3. The summed E-state index contributed by atoms with van der Waals surface area (Å²) in [5, 5.41) is 9.29. The van der Waals surface area contributed by atoms with Gasteiger partial charge in [-0.25, -0.2) is 0 Å². The van der Waals surface area contributed by atoms with E-state index in [1.807, 2.05) is 0 Å². The maximum atomic E-state index is 6.51. The molecule has 5 aromatic rings. The summed E-state index contributed by atoms with van der Waals surface area (Å²) in [5.74, 6) is 0. The summed E-state index contributed by atoms with van der Waals surface area (Å²) < 4.78 is 12.1. The number of benzene rings is 4. The molecule has 3 heterocycles. The molecule has 3 nitrogen and oxygen atoms in total. The highest BCUT2D eigenvalue weighted by Gasteiger charge is 2.49. The number of ether oxygens (including phenoxy) is 1. The SMILES string of the molecule is CC[Si]1(CC)c2ccccc2[Si](CC)(CC)c2cc(-c3ccc4c(c3)oc3cc(N5CCOCC5)ccc34)ccc21. The van der Waals surface area contributed by atoms with Crippen molar-refractivity contribution in [1.82, 2.24) is 0 Å². The number of anilines is 1. The summed E-state index contributed by atoms with van der Waals surface area (Å²) >= 11 is 0. The molecule has 0 unspecified atom stereocenters. The summed E-state index contributed by atoms with van der Waals surface area (Å²) in [6, 6.07) is 35.7. The minimum Gasteiger partial charge on any atom is -0.456 e. The minimum absolute atomic E-state index is 0.786. The monoisotopic (exact) mass is 575 g/mol. The zero-order valence-corrected chi connectivity index (χ0v) is 26.9. The third-order valence-corrected chi connectivity index (χ3v) is 21.8. The highest BCUT2D eigenvalue weighted by atomic mass is 28.3. The van der Waals surface area contributed by atoms with Crippen molar-refractivity contribution in [2.24, 2.45) is 0 Å². The van der Waals surface area contributed by atoms with Gasteiger partial charge < -0.3 is 14.1 Å². The fourth-order valence-corrected chi connectivity index (χ4v) is 19.7. The van der Waals surface area contributed by atoms with Gasteiger partial charge in [-0.15, -0.1) is 0 Å². The van der Waals surface area contributed by atoms with Gasteiger partial charge >= 0.3 is 0 Å². The number of furan rings is 1. The predicted octanol–water partition coefficient (Wildman–Crippen LogP) is 6.61. The molecule has 0 amide bonds. The molecule has 2 aliphatic heterocycles. The largest absolute Gasteiger partial charge is 0.456 e. The average molecular weight is 576 g/mol. The zero-order valence-electron chi connectivity index (χ0n) is 24.9. The highest BCUT2D eigenvalue weighted by Crippen LogP contribution is 2.35. The molecule has 0 saturated carbocycles. The molecule has 0 spiro atoms. The Bertz CT molecular complexity index is 1740. The van der Waals surface area contributed by atoms with Crippen LogP contribution >= 0.6 is 0 Å². The van der Waals surface area contributed by atoms with E-state index in [4.69, 9.17) is 9.15 Å². The molecule has 0 radical (unpaired) electrons. The van der Waals surface area contributed by atoms with Crippen LogP contribution in [-0.4, -0.2) is 42.5 Å². The van der Waals surface area contributed by atoms with Crippen LogP contribution in [0.5, 0.6) is 0 Å². The first-order chi connectivity index (χ1) is 20.1. The molecule has 41 heavy (non-hydrogen) atoms. The Morgan fingerprint density at radius 1 is 0.585 bits per heavy atom. The van der Waals surface area contributed by atoms with Crippen LogP contribution in [0.15, 0.2) is 83.3 Å². The second-order valence-corrected chi connectivity index (χ2v) is 21.3. The van der Waals surface area contributed by atoms with Gasteiger partial charge in [0.1, 0.15) is 27.3 Å². The van der Waals surface area contributed by atoms with Crippen molar-refractivity contribution in [2.75, 3.05) is 31.2 Å². The van der Waals surface area contributed by atoms with Gasteiger partial charge in [-0.3, -0.25) is 0 Å². The molecular formula is C36H41NO2Si2. The Balaban J connectivity index is 1.36. The van der Waals surface area contributed by atoms with E-state index in [2.05, 4.69) is 111 Å². The Morgan fingerprint density at radius 2 is 1.12 bits per heavy atom. The van der Waals surface area contributed by atoms with Gasteiger partial charge in [0, 0.05) is 35.6 Å². The third kappa shape index (κ3) is 3.93. The molecule has 2 aliphatic rings. The van der Waals surface area contributed by atoms with Crippen molar-refractivity contribution in [1.29, 1.82) is 0 Å². The lowest BCUT2D eigenvalue weighted by atomic mass is 10.0. The van der Waals surface area contributed by atoms with E-state index in [0.717, 1.165) is 37.5 Å². The van der Waals surface area contributed by atoms with Crippen LogP contribution in [0.25, 0.3) is 33.1 Å². The number of fused-ring (bicyclic) bond motifs is 5. The van der Waals surface area contributed by atoms with E-state index in [1.54, 1.807) is 20.7 Å². The molecule has 0 atom stereocenters. The van der Waals surface area contributed by atoms with Gasteiger partial charge in [-0.1, -0.05) is 121 Å². The van der Waals surface area contributed by atoms with Gasteiger partial charge in [0.15, 0.2) is 0 Å². The van der Waals surface area contributed by atoms with E-state index in [1.165, 1.54) is 51.8 Å². The molecule has 7 rings (SSSR count). The summed E-state index contributed by atoms with van der Waals surface area (Å²) in [4.78, 5) is 2.39.